The molecule has 0 radical (unpaired) electrons. The van der Waals surface area contributed by atoms with Crippen molar-refractivity contribution in [3.05, 3.63) is 60.8 Å². The maximum Gasteiger partial charge on any atom is 0.472 e. The number of amides is 1. The first-order valence-corrected chi connectivity index (χ1v) is 26.4. The lowest BCUT2D eigenvalue weighted by Gasteiger charge is -2.23. The van der Waals surface area contributed by atoms with Gasteiger partial charge in [0, 0.05) is 13.0 Å². The van der Waals surface area contributed by atoms with Crippen molar-refractivity contribution in [3.63, 3.8) is 0 Å². The Balaban J connectivity index is 4.18. The minimum atomic E-state index is -4.36. The number of aliphatic hydroxyl groups excluding tert-OH is 1. The van der Waals surface area contributed by atoms with Gasteiger partial charge in [-0.05, 0) is 77.0 Å². The molecular weight excluding hydrogens is 768 g/mol. The number of rotatable bonds is 46. The third-order valence-electron chi connectivity index (χ3n) is 10.8. The molecule has 0 saturated heterocycles. The molecule has 0 aliphatic carbocycles. The van der Waals surface area contributed by atoms with Gasteiger partial charge in [0.25, 0.3) is 0 Å². The molecule has 0 bridgehead atoms. The van der Waals surface area contributed by atoms with Crippen LogP contribution in [0.1, 0.15) is 226 Å². The fourth-order valence-corrected chi connectivity index (χ4v) is 7.78. The summed E-state index contributed by atoms with van der Waals surface area (Å²) in [4.78, 5) is 22.8. The van der Waals surface area contributed by atoms with Crippen LogP contribution >= 0.6 is 7.82 Å². The van der Waals surface area contributed by atoms with Crippen molar-refractivity contribution >= 4 is 13.7 Å². The van der Waals surface area contributed by atoms with Gasteiger partial charge in [-0.1, -0.05) is 203 Å². The van der Waals surface area contributed by atoms with Crippen LogP contribution in [0, 0.1) is 0 Å². The number of nitrogens with two attached hydrogens (primary N) is 1. The Bertz CT molecular complexity index is 1120. The molecule has 60 heavy (non-hydrogen) atoms. The molecule has 350 valence electrons. The Morgan fingerprint density at radius 3 is 1.38 bits per heavy atom. The van der Waals surface area contributed by atoms with Gasteiger partial charge in [0.15, 0.2) is 0 Å². The second kappa shape index (κ2) is 46.7. The van der Waals surface area contributed by atoms with E-state index in [1.165, 1.54) is 154 Å². The van der Waals surface area contributed by atoms with Crippen LogP contribution in [0.4, 0.5) is 0 Å². The van der Waals surface area contributed by atoms with Gasteiger partial charge in [-0.15, -0.1) is 0 Å². The van der Waals surface area contributed by atoms with Crippen molar-refractivity contribution in [2.75, 3.05) is 19.8 Å². The van der Waals surface area contributed by atoms with Crippen LogP contribution in [0.5, 0.6) is 0 Å². The molecule has 3 unspecified atom stereocenters. The summed E-state index contributed by atoms with van der Waals surface area (Å²) in [6, 6.07) is -0.887. The first-order valence-electron chi connectivity index (χ1n) is 24.9. The Morgan fingerprint density at radius 1 is 0.550 bits per heavy atom. The highest BCUT2D eigenvalue weighted by atomic mass is 31.2. The third kappa shape index (κ3) is 44.3. The molecule has 8 nitrogen and oxygen atoms in total. The zero-order valence-electron chi connectivity index (χ0n) is 38.9. The van der Waals surface area contributed by atoms with Crippen LogP contribution in [-0.2, 0) is 18.4 Å². The minimum absolute atomic E-state index is 0.0697. The molecule has 0 heterocycles. The number of carbonyl (C=O) groups is 1. The summed E-state index contributed by atoms with van der Waals surface area (Å²) in [5.74, 6) is -0.211. The Labute approximate surface area is 370 Å². The summed E-state index contributed by atoms with van der Waals surface area (Å²) in [6.07, 6.45) is 60.0. The predicted molar refractivity (Wildman–Crippen MR) is 258 cm³/mol. The quantitative estimate of drug-likeness (QED) is 0.0272. The van der Waals surface area contributed by atoms with E-state index in [1.54, 1.807) is 6.08 Å². The number of hydrogen-bond acceptors (Lipinski definition) is 6. The van der Waals surface area contributed by atoms with E-state index in [1.807, 2.05) is 6.08 Å². The normalized spacial score (nSPS) is 14.4. The monoisotopic (exact) mass is 863 g/mol. The number of carbonyl (C=O) groups excluding carboxylic acids is 1. The Kier molecular flexibility index (Phi) is 45.3. The van der Waals surface area contributed by atoms with Gasteiger partial charge in [0.05, 0.1) is 25.4 Å². The number of phosphoric ester groups is 1. The lowest BCUT2D eigenvalue weighted by Crippen LogP contribution is -2.45. The number of phosphoric acid groups is 1. The molecule has 3 atom stereocenters. The van der Waals surface area contributed by atoms with Gasteiger partial charge < -0.3 is 21.1 Å². The van der Waals surface area contributed by atoms with Crippen molar-refractivity contribution in [1.29, 1.82) is 0 Å². The lowest BCUT2D eigenvalue weighted by atomic mass is 10.0. The summed E-state index contributed by atoms with van der Waals surface area (Å²) >= 11 is 0. The average Bonchev–Trinajstić information content (AvgIpc) is 3.24. The van der Waals surface area contributed by atoms with Gasteiger partial charge in [0.2, 0.25) is 5.91 Å². The van der Waals surface area contributed by atoms with Gasteiger partial charge in [-0.2, -0.15) is 0 Å². The van der Waals surface area contributed by atoms with Gasteiger partial charge in [-0.25, -0.2) is 4.57 Å². The number of nitrogens with one attached hydrogen (secondary N) is 1. The van der Waals surface area contributed by atoms with Crippen LogP contribution in [0.15, 0.2) is 60.8 Å². The molecule has 9 heteroatoms. The number of hydrogen-bond donors (Lipinski definition) is 4. The van der Waals surface area contributed by atoms with Gasteiger partial charge >= 0.3 is 7.82 Å². The molecule has 1 amide bonds. The van der Waals surface area contributed by atoms with Crippen LogP contribution in [-0.4, -0.2) is 47.8 Å². The summed E-state index contributed by atoms with van der Waals surface area (Å²) in [5, 5.41) is 13.7. The summed E-state index contributed by atoms with van der Waals surface area (Å²) in [6.45, 7) is 4.10. The van der Waals surface area contributed by atoms with Gasteiger partial charge in [0.1, 0.15) is 0 Å². The second-order valence-electron chi connectivity index (χ2n) is 16.6. The molecule has 0 saturated carbocycles. The van der Waals surface area contributed by atoms with Crippen LogP contribution < -0.4 is 11.1 Å². The fraction of sp³-hybridized carbons (Fsp3) is 0.784. The second-order valence-corrected chi connectivity index (χ2v) is 18.1. The highest BCUT2D eigenvalue weighted by Gasteiger charge is 2.26. The van der Waals surface area contributed by atoms with E-state index < -0.39 is 20.0 Å². The van der Waals surface area contributed by atoms with Gasteiger partial charge in [-0.3, -0.25) is 13.8 Å². The summed E-state index contributed by atoms with van der Waals surface area (Å²) < 4.78 is 22.2. The van der Waals surface area contributed by atoms with E-state index in [4.69, 9.17) is 14.8 Å². The molecule has 0 aliphatic rings. The topological polar surface area (TPSA) is 131 Å². The lowest BCUT2D eigenvalue weighted by molar-refractivity contribution is -0.123. The summed E-state index contributed by atoms with van der Waals surface area (Å²) in [5.41, 5.74) is 5.38. The first-order chi connectivity index (χ1) is 29.4. The van der Waals surface area contributed by atoms with E-state index in [0.717, 1.165) is 51.4 Å². The van der Waals surface area contributed by atoms with E-state index in [2.05, 4.69) is 67.8 Å². The Morgan fingerprint density at radius 2 is 0.933 bits per heavy atom. The molecule has 0 spiro atoms. The van der Waals surface area contributed by atoms with Crippen LogP contribution in [0.3, 0.4) is 0 Å². The third-order valence-corrected chi connectivity index (χ3v) is 11.8. The molecule has 0 rings (SSSR count). The van der Waals surface area contributed by atoms with E-state index in [9.17, 15) is 19.4 Å². The molecule has 0 aliphatic heterocycles. The predicted octanol–water partition coefficient (Wildman–Crippen LogP) is 14.6. The van der Waals surface area contributed by atoms with Crippen LogP contribution in [0.25, 0.3) is 0 Å². The van der Waals surface area contributed by atoms with Crippen molar-refractivity contribution in [1.82, 2.24) is 5.32 Å². The molecule has 0 aromatic carbocycles. The van der Waals surface area contributed by atoms with Crippen molar-refractivity contribution in [2.24, 2.45) is 5.73 Å². The average molecular weight is 863 g/mol. The molecule has 0 aromatic heterocycles. The van der Waals surface area contributed by atoms with Crippen molar-refractivity contribution in [3.8, 4) is 0 Å². The van der Waals surface area contributed by atoms with E-state index >= 15 is 0 Å². The zero-order chi connectivity index (χ0) is 43.9. The number of unbranched alkanes of at least 4 members (excludes halogenated alkanes) is 26. The first kappa shape index (κ1) is 58.2. The highest BCUT2D eigenvalue weighted by Crippen LogP contribution is 2.43. The molecular formula is C51H95N2O6P. The maximum atomic E-state index is 12.8. The molecule has 0 aromatic rings. The van der Waals surface area contributed by atoms with E-state index in [-0.39, 0.29) is 25.7 Å². The SMILES string of the molecule is CCCCCCC/C=C\C/C=C\CCCCCCCCCCCCCC(=O)NC(COP(=O)(O)OCCN)C(O)/C=C/CC/C=C/CC/C=C/CCCCCCCCCC. The van der Waals surface area contributed by atoms with Crippen molar-refractivity contribution in [2.45, 2.75) is 238 Å². The zero-order valence-corrected chi connectivity index (χ0v) is 39.8. The largest absolute Gasteiger partial charge is 0.472 e. The van der Waals surface area contributed by atoms with E-state index in [0.29, 0.717) is 6.42 Å². The highest BCUT2D eigenvalue weighted by molar-refractivity contribution is 7.47. The standard InChI is InChI=1S/C51H95N2O6P/c1-3-5-7-9-11-13-15-17-19-21-23-24-25-26-27-29-31-33-35-37-39-41-43-45-51(55)53-49(48-59-60(56,57)58-47-46-52)50(54)44-42-40-38-36-34-32-30-28-22-20-18-16-14-12-10-8-6-4-2/h15,17,21-23,28,34,36,42,44,49-50,54H,3-14,16,18-20,24-27,29-33,35,37-41,43,45-48,52H2,1-2H3,(H,53,55)(H,56,57)/b17-15-,23-21-,28-22+,36-34+,44-42+. The number of aliphatic hydroxyl groups is 1. The summed E-state index contributed by atoms with van der Waals surface area (Å²) in [7, 11) is -4.36. The number of allylic oxidation sites excluding steroid dienone is 9. The fourth-order valence-electron chi connectivity index (χ4n) is 7.02. The Hall–Kier alpha value is -1.80. The van der Waals surface area contributed by atoms with Crippen LogP contribution in [0.2, 0.25) is 0 Å². The maximum absolute atomic E-state index is 12.8. The van der Waals surface area contributed by atoms with Crippen molar-refractivity contribution < 1.29 is 28.4 Å². The molecule has 0 fully saturated rings. The smallest absolute Gasteiger partial charge is 0.387 e. The molecule has 5 N–H and O–H groups in total. The minimum Gasteiger partial charge on any atom is -0.387 e.